The molecule has 3 heteroatoms. The molecule has 3 nitrogen and oxygen atoms in total. The van der Waals surface area contributed by atoms with Crippen molar-refractivity contribution in [2.24, 2.45) is 9.98 Å². The van der Waals surface area contributed by atoms with Crippen molar-refractivity contribution in [1.82, 2.24) is 5.31 Å². The summed E-state index contributed by atoms with van der Waals surface area (Å²) in [6, 6.07) is 0. The van der Waals surface area contributed by atoms with E-state index >= 15 is 0 Å². The van der Waals surface area contributed by atoms with Gasteiger partial charge in [0.15, 0.2) is 1.41 Å². The Hall–Kier alpha value is -0.860. The van der Waals surface area contributed by atoms with Gasteiger partial charge in [-0.05, 0) is 0 Å². The molecule has 0 fully saturated rings. The number of hydrogen-bond donors (Lipinski definition) is 1. The van der Waals surface area contributed by atoms with E-state index in [1.54, 1.807) is 0 Å². The quantitative estimate of drug-likeness (QED) is 0.426. The largest absolute Gasteiger partial charge is 0.357 e. The first kappa shape index (κ1) is 2.34. The van der Waals surface area contributed by atoms with E-state index in [4.69, 9.17) is 1.41 Å². The third-order valence-electron chi connectivity index (χ3n) is 0.460. The molecule has 0 aromatic carbocycles. The number of nitrogens with zero attached hydrogens (tertiary/aromatic N) is 2. The normalized spacial score (nSPS) is 21.3. The van der Waals surface area contributed by atoms with Gasteiger partial charge in [0.05, 0.1) is 6.34 Å². The Kier molecular flexibility index (Phi) is 0.602. The zero-order chi connectivity index (χ0) is 5.11. The minimum absolute atomic E-state index is 0.406. The lowest BCUT2D eigenvalue weighted by molar-refractivity contribution is 0.934. The van der Waals surface area contributed by atoms with Crippen molar-refractivity contribution in [3.05, 3.63) is 0 Å². The third kappa shape index (κ3) is 0.544. The molecule has 0 aliphatic carbocycles. The summed E-state index contributed by atoms with van der Waals surface area (Å²) in [7, 11) is 0. The van der Waals surface area contributed by atoms with Crippen LogP contribution in [0.4, 0.5) is 0 Å². The highest BCUT2D eigenvalue weighted by molar-refractivity contribution is 5.72. The number of rotatable bonds is 0. The van der Waals surface area contributed by atoms with Gasteiger partial charge in [-0.1, -0.05) is 0 Å². The summed E-state index contributed by atoms with van der Waals surface area (Å²) in [5, 5.41) is 1.15. The van der Waals surface area contributed by atoms with Crippen LogP contribution in [0.15, 0.2) is 9.98 Å². The molecule has 1 N–H and O–H groups in total. The van der Waals surface area contributed by atoms with Crippen LogP contribution in [0.2, 0.25) is 1.41 Å². The van der Waals surface area contributed by atoms with Gasteiger partial charge in [-0.2, -0.15) is 0 Å². The van der Waals surface area contributed by atoms with Crippen LogP contribution in [0.5, 0.6) is 0 Å². The van der Waals surface area contributed by atoms with Crippen LogP contribution in [-0.4, -0.2) is 19.3 Å². The van der Waals surface area contributed by atoms with Gasteiger partial charge in [-0.3, -0.25) is 4.99 Å². The van der Waals surface area contributed by atoms with Gasteiger partial charge in [0, 0.05) is 0 Å². The fourth-order valence-corrected chi connectivity index (χ4v) is 0.244. The molecule has 0 radical (unpaired) electrons. The van der Waals surface area contributed by atoms with Crippen LogP contribution in [0, 0.1) is 0 Å². The lowest BCUT2D eigenvalue weighted by atomic mass is 10.9. The standard InChI is InChI=1S/C3H5N3/c1-4-2-6-3-5-1/h1-2H,3H2,(H,4,5,6)/i/hD. The highest BCUT2D eigenvalue weighted by Gasteiger charge is 1.74. The molecule has 1 rings (SSSR count). The highest BCUT2D eigenvalue weighted by Crippen LogP contribution is 1.66. The number of nitrogens with one attached hydrogen (secondary N) is 1. The van der Waals surface area contributed by atoms with Crippen molar-refractivity contribution in [1.29, 1.82) is 0 Å². The monoisotopic (exact) mass is 84.1 g/mol. The second kappa shape index (κ2) is 1.55. The predicted octanol–water partition coefficient (Wildman–Crippen LogP) is -0.396. The van der Waals surface area contributed by atoms with E-state index < -0.39 is 0 Å². The van der Waals surface area contributed by atoms with Crippen molar-refractivity contribution in [2.75, 3.05) is 6.67 Å². The molecule has 0 unspecified atom stereocenters. The van der Waals surface area contributed by atoms with Crippen LogP contribution in [-0.2, 0) is 0 Å². The molecule has 1 aliphatic heterocycles. The summed E-state index contributed by atoms with van der Waals surface area (Å²) in [5.74, 6) is 0. The summed E-state index contributed by atoms with van der Waals surface area (Å²) in [6.45, 7) is 0.406. The molecular formula is C3H5N3. The lowest BCUT2D eigenvalue weighted by Gasteiger charge is -1.93. The maximum absolute atomic E-state index is 6.84. The first-order valence-corrected chi connectivity index (χ1v) is 1.67. The lowest BCUT2D eigenvalue weighted by Crippen LogP contribution is -2.13. The van der Waals surface area contributed by atoms with E-state index in [2.05, 4.69) is 9.98 Å². The van der Waals surface area contributed by atoms with E-state index in [0.29, 0.717) is 6.67 Å². The molecule has 0 saturated heterocycles. The highest BCUT2D eigenvalue weighted by atomic mass is 15.1. The van der Waals surface area contributed by atoms with Gasteiger partial charge in [0.2, 0.25) is 0 Å². The van der Waals surface area contributed by atoms with E-state index in [-0.39, 0.29) is 0 Å². The topological polar surface area (TPSA) is 36.8 Å². The Balaban J connectivity index is 2.49. The molecule has 6 heavy (non-hydrogen) atoms. The second-order valence-corrected chi connectivity index (χ2v) is 0.887. The molecule has 0 bridgehead atoms. The Bertz CT molecular complexity index is 109. The fourth-order valence-electron chi connectivity index (χ4n) is 0.244. The van der Waals surface area contributed by atoms with Crippen molar-refractivity contribution in [2.45, 2.75) is 0 Å². The molecular weight excluding hydrogens is 78.1 g/mol. The van der Waals surface area contributed by atoms with Gasteiger partial charge in [-0.15, -0.1) is 0 Å². The zero-order valence-corrected chi connectivity index (χ0v) is 3.20. The van der Waals surface area contributed by atoms with E-state index in [1.807, 2.05) is 0 Å². The number of hydrogen-bond acceptors (Lipinski definition) is 3. The van der Waals surface area contributed by atoms with Crippen molar-refractivity contribution in [3.8, 4) is 0 Å². The molecule has 1 aliphatic rings. The Morgan fingerprint density at radius 1 is 2.00 bits per heavy atom. The van der Waals surface area contributed by atoms with E-state index in [9.17, 15) is 0 Å². The van der Waals surface area contributed by atoms with Gasteiger partial charge >= 0.3 is 0 Å². The SMILES string of the molecule is [2H]N1C=NC=NC1. The van der Waals surface area contributed by atoms with Crippen LogP contribution >= 0.6 is 0 Å². The Morgan fingerprint density at radius 3 is 3.33 bits per heavy atom. The van der Waals surface area contributed by atoms with Gasteiger partial charge in [0.1, 0.15) is 13.0 Å². The summed E-state index contributed by atoms with van der Waals surface area (Å²) >= 11 is 0. The van der Waals surface area contributed by atoms with Gasteiger partial charge in [-0.25, -0.2) is 4.99 Å². The van der Waals surface area contributed by atoms with Crippen LogP contribution in [0.25, 0.3) is 0 Å². The minimum atomic E-state index is 0.406. The second-order valence-electron chi connectivity index (χ2n) is 0.887. The maximum atomic E-state index is 6.84. The molecule has 0 saturated carbocycles. The smallest absolute Gasteiger partial charge is 0.163 e. The van der Waals surface area contributed by atoms with E-state index in [1.165, 1.54) is 12.7 Å². The van der Waals surface area contributed by atoms with Crippen molar-refractivity contribution < 1.29 is 1.41 Å². The van der Waals surface area contributed by atoms with Gasteiger partial charge in [0.25, 0.3) is 0 Å². The predicted molar refractivity (Wildman–Crippen MR) is 25.0 cm³/mol. The molecule has 0 spiro atoms. The number of aliphatic imine (C=N–C) groups is 2. The fraction of sp³-hybridized carbons (Fsp3) is 0.333. The van der Waals surface area contributed by atoms with E-state index in [0.717, 1.165) is 5.31 Å². The molecule has 0 amide bonds. The molecule has 1 heterocycles. The van der Waals surface area contributed by atoms with Crippen LogP contribution < -0.4 is 5.31 Å². The third-order valence-corrected chi connectivity index (χ3v) is 0.460. The average Bonchev–Trinajstić information content (AvgIpc) is 1.69. The first-order valence-electron chi connectivity index (χ1n) is 2.11. The molecule has 32 valence electrons. The summed E-state index contributed by atoms with van der Waals surface area (Å²) in [5.41, 5.74) is 0. The van der Waals surface area contributed by atoms with Crippen LogP contribution in [0.3, 0.4) is 0 Å². The molecule has 0 aromatic heterocycles. The van der Waals surface area contributed by atoms with Crippen LogP contribution in [0.1, 0.15) is 0 Å². The summed E-state index contributed by atoms with van der Waals surface area (Å²) in [6.07, 6.45) is 2.85. The molecule has 0 atom stereocenters. The Labute approximate surface area is 37.3 Å². The maximum Gasteiger partial charge on any atom is 0.163 e. The zero-order valence-electron chi connectivity index (χ0n) is 4.20. The van der Waals surface area contributed by atoms with Crippen molar-refractivity contribution >= 4 is 12.7 Å². The first-order chi connectivity index (χ1) is 3.39. The minimum Gasteiger partial charge on any atom is -0.357 e. The molecule has 0 aromatic rings. The van der Waals surface area contributed by atoms with Crippen molar-refractivity contribution in [3.63, 3.8) is 0 Å². The Morgan fingerprint density at radius 2 is 3.00 bits per heavy atom. The summed E-state index contributed by atoms with van der Waals surface area (Å²) < 4.78 is 6.84. The summed E-state index contributed by atoms with van der Waals surface area (Å²) in [4.78, 5) is 7.25. The van der Waals surface area contributed by atoms with Gasteiger partial charge < -0.3 is 5.31 Å². The average molecular weight is 84.1 g/mol.